The van der Waals surface area contributed by atoms with Gasteiger partial charge < -0.3 is 4.74 Å². The van der Waals surface area contributed by atoms with Gasteiger partial charge in [-0.3, -0.25) is 20.4 Å². The van der Waals surface area contributed by atoms with Crippen LogP contribution in [0.5, 0.6) is 5.75 Å². The predicted octanol–water partition coefficient (Wildman–Crippen LogP) is 1.27. The summed E-state index contributed by atoms with van der Waals surface area (Å²) in [5, 5.41) is 8.66. The van der Waals surface area contributed by atoms with E-state index in [9.17, 15) is 9.59 Å². The number of amides is 2. The molecule has 1 aromatic rings. The van der Waals surface area contributed by atoms with Gasteiger partial charge in [-0.25, -0.2) is 0 Å². The van der Waals surface area contributed by atoms with Crippen LogP contribution in [0, 0.1) is 17.2 Å². The van der Waals surface area contributed by atoms with Gasteiger partial charge in [-0.2, -0.15) is 5.26 Å². The zero-order valence-electron chi connectivity index (χ0n) is 11.6. The molecule has 0 unspecified atom stereocenters. The number of rotatable bonds is 4. The lowest BCUT2D eigenvalue weighted by Crippen LogP contribution is -2.45. The maximum atomic E-state index is 11.7. The second-order valence-corrected chi connectivity index (χ2v) is 4.94. The van der Waals surface area contributed by atoms with Crippen LogP contribution in [-0.4, -0.2) is 18.4 Å². The topological polar surface area (TPSA) is 91.2 Å². The molecule has 110 valence electrons. The molecule has 6 heteroatoms. The summed E-state index contributed by atoms with van der Waals surface area (Å²) in [6.07, 6.45) is 3.88. The van der Waals surface area contributed by atoms with Crippen molar-refractivity contribution >= 4 is 11.8 Å². The van der Waals surface area contributed by atoms with Crippen molar-refractivity contribution < 1.29 is 14.3 Å². The highest BCUT2D eigenvalue weighted by Gasteiger charge is 2.22. The van der Waals surface area contributed by atoms with Crippen LogP contribution >= 0.6 is 0 Å². The minimum absolute atomic E-state index is 0.00439. The molecule has 2 amide bonds. The van der Waals surface area contributed by atoms with E-state index in [4.69, 9.17) is 10.00 Å². The third kappa shape index (κ3) is 4.49. The van der Waals surface area contributed by atoms with Gasteiger partial charge in [-0.1, -0.05) is 12.8 Å². The fourth-order valence-electron chi connectivity index (χ4n) is 2.23. The lowest BCUT2D eigenvalue weighted by Gasteiger charge is -2.11. The van der Waals surface area contributed by atoms with Crippen molar-refractivity contribution in [1.82, 2.24) is 10.9 Å². The highest BCUT2D eigenvalue weighted by Crippen LogP contribution is 2.24. The molecule has 1 aliphatic carbocycles. The number of ether oxygens (including phenoxy) is 1. The third-order valence-electron chi connectivity index (χ3n) is 3.40. The number of nitrogens with zero attached hydrogens (tertiary/aromatic N) is 1. The molecule has 0 bridgehead atoms. The molecule has 0 aliphatic heterocycles. The Hall–Kier alpha value is -2.55. The predicted molar refractivity (Wildman–Crippen MR) is 74.9 cm³/mol. The van der Waals surface area contributed by atoms with Crippen LogP contribution < -0.4 is 15.6 Å². The van der Waals surface area contributed by atoms with Crippen molar-refractivity contribution in [3.8, 4) is 11.8 Å². The summed E-state index contributed by atoms with van der Waals surface area (Å²) in [7, 11) is 0. The number of hydrogen-bond donors (Lipinski definition) is 2. The molecule has 0 radical (unpaired) electrons. The Kier molecular flexibility index (Phi) is 5.16. The first-order chi connectivity index (χ1) is 10.2. The van der Waals surface area contributed by atoms with Crippen LogP contribution in [0.3, 0.4) is 0 Å². The van der Waals surface area contributed by atoms with Crippen molar-refractivity contribution in [3.05, 3.63) is 29.8 Å². The Labute approximate surface area is 123 Å². The smallest absolute Gasteiger partial charge is 0.276 e. The number of carbonyl (C=O) groups excluding carboxylic acids is 2. The normalized spacial score (nSPS) is 14.2. The van der Waals surface area contributed by atoms with Crippen molar-refractivity contribution in [3.63, 3.8) is 0 Å². The third-order valence-corrected chi connectivity index (χ3v) is 3.40. The molecule has 6 nitrogen and oxygen atoms in total. The van der Waals surface area contributed by atoms with Gasteiger partial charge in [0.25, 0.3) is 5.91 Å². The molecular weight excluding hydrogens is 270 g/mol. The Balaban J connectivity index is 1.69. The maximum Gasteiger partial charge on any atom is 0.276 e. The first kappa shape index (κ1) is 14.9. The van der Waals surface area contributed by atoms with Gasteiger partial charge in [-0.05, 0) is 37.1 Å². The highest BCUT2D eigenvalue weighted by atomic mass is 16.5. The van der Waals surface area contributed by atoms with Crippen LogP contribution in [-0.2, 0) is 9.59 Å². The summed E-state index contributed by atoms with van der Waals surface area (Å²) in [5.74, 6) is -0.0686. The maximum absolute atomic E-state index is 11.7. The fraction of sp³-hybridized carbons (Fsp3) is 0.400. The summed E-state index contributed by atoms with van der Waals surface area (Å²) in [4.78, 5) is 23.3. The zero-order valence-corrected chi connectivity index (χ0v) is 11.6. The van der Waals surface area contributed by atoms with E-state index in [1.54, 1.807) is 24.3 Å². The van der Waals surface area contributed by atoms with Gasteiger partial charge in [0.1, 0.15) is 5.75 Å². The van der Waals surface area contributed by atoms with Crippen LogP contribution in [0.4, 0.5) is 0 Å². The van der Waals surface area contributed by atoms with Crippen LogP contribution in [0.25, 0.3) is 0 Å². The van der Waals surface area contributed by atoms with Crippen molar-refractivity contribution in [2.45, 2.75) is 25.7 Å². The number of hydrazine groups is 1. The molecule has 1 saturated carbocycles. The van der Waals surface area contributed by atoms with Gasteiger partial charge in [-0.15, -0.1) is 0 Å². The van der Waals surface area contributed by atoms with Crippen LogP contribution in [0.2, 0.25) is 0 Å². The molecule has 0 spiro atoms. The minimum atomic E-state index is -0.425. The summed E-state index contributed by atoms with van der Waals surface area (Å²) in [5.41, 5.74) is 5.28. The van der Waals surface area contributed by atoms with Gasteiger partial charge in [0.15, 0.2) is 6.61 Å². The van der Waals surface area contributed by atoms with Gasteiger partial charge in [0, 0.05) is 5.92 Å². The van der Waals surface area contributed by atoms with Crippen LogP contribution in [0.1, 0.15) is 31.2 Å². The lowest BCUT2D eigenvalue weighted by molar-refractivity contribution is -0.132. The molecule has 0 saturated heterocycles. The summed E-state index contributed by atoms with van der Waals surface area (Å²) in [6.45, 7) is -0.198. The quantitative estimate of drug-likeness (QED) is 0.816. The number of hydrogen-bond acceptors (Lipinski definition) is 4. The van der Waals surface area contributed by atoms with E-state index >= 15 is 0 Å². The van der Waals surface area contributed by atoms with Crippen molar-refractivity contribution in [2.24, 2.45) is 5.92 Å². The molecule has 1 fully saturated rings. The number of nitrogens with one attached hydrogen (secondary N) is 2. The summed E-state index contributed by atoms with van der Waals surface area (Å²) >= 11 is 0. The van der Waals surface area contributed by atoms with E-state index in [0.29, 0.717) is 11.3 Å². The van der Waals surface area contributed by atoms with E-state index in [1.807, 2.05) is 6.07 Å². The second-order valence-electron chi connectivity index (χ2n) is 4.94. The number of nitriles is 1. The number of carbonyl (C=O) groups is 2. The second kappa shape index (κ2) is 7.29. The van der Waals surface area contributed by atoms with Crippen molar-refractivity contribution in [2.75, 3.05) is 6.61 Å². The molecule has 0 aromatic heterocycles. The standard InChI is InChI=1S/C15H17N3O3/c16-9-11-5-7-13(8-6-11)21-10-14(19)17-18-15(20)12-3-1-2-4-12/h5-8,12H,1-4,10H2,(H,17,19)(H,18,20). The molecule has 0 heterocycles. The molecule has 2 N–H and O–H groups in total. The first-order valence-electron chi connectivity index (χ1n) is 6.90. The first-order valence-corrected chi connectivity index (χ1v) is 6.90. The Morgan fingerprint density at radius 3 is 2.48 bits per heavy atom. The Bertz CT molecular complexity index is 542. The van der Waals surface area contributed by atoms with E-state index in [1.165, 1.54) is 0 Å². The van der Waals surface area contributed by atoms with Gasteiger partial charge >= 0.3 is 0 Å². The van der Waals surface area contributed by atoms with E-state index in [-0.39, 0.29) is 18.4 Å². The molecular formula is C15H17N3O3. The van der Waals surface area contributed by atoms with Crippen molar-refractivity contribution in [1.29, 1.82) is 5.26 Å². The Morgan fingerprint density at radius 2 is 1.86 bits per heavy atom. The molecule has 1 aliphatic rings. The number of benzene rings is 1. The van der Waals surface area contributed by atoms with Gasteiger partial charge in [0.2, 0.25) is 5.91 Å². The SMILES string of the molecule is N#Cc1ccc(OCC(=O)NNC(=O)C2CCCC2)cc1. The molecule has 21 heavy (non-hydrogen) atoms. The van der Waals surface area contributed by atoms with Gasteiger partial charge in [0.05, 0.1) is 11.6 Å². The zero-order chi connectivity index (χ0) is 15.1. The molecule has 0 atom stereocenters. The molecule has 1 aromatic carbocycles. The Morgan fingerprint density at radius 1 is 1.19 bits per heavy atom. The van der Waals surface area contributed by atoms with E-state index in [0.717, 1.165) is 25.7 Å². The summed E-state index contributed by atoms with van der Waals surface area (Å²) < 4.78 is 5.25. The highest BCUT2D eigenvalue weighted by molar-refractivity contribution is 5.84. The fourth-order valence-corrected chi connectivity index (χ4v) is 2.23. The lowest BCUT2D eigenvalue weighted by atomic mass is 10.1. The monoisotopic (exact) mass is 287 g/mol. The molecule has 2 rings (SSSR count). The average Bonchev–Trinajstić information content (AvgIpc) is 3.05. The van der Waals surface area contributed by atoms with E-state index in [2.05, 4.69) is 10.9 Å². The minimum Gasteiger partial charge on any atom is -0.484 e. The summed E-state index contributed by atoms with van der Waals surface area (Å²) in [6, 6.07) is 8.44. The van der Waals surface area contributed by atoms with Crippen LogP contribution in [0.15, 0.2) is 24.3 Å². The largest absolute Gasteiger partial charge is 0.484 e. The average molecular weight is 287 g/mol. The van der Waals surface area contributed by atoms with E-state index < -0.39 is 5.91 Å².